The number of methoxy groups -OCH3 is 2. The summed E-state index contributed by atoms with van der Waals surface area (Å²) in [6.45, 7) is 7.53. The Kier molecular flexibility index (Phi) is 8.74. The molecule has 0 unspecified atom stereocenters. The zero-order valence-corrected chi connectivity index (χ0v) is 23.6. The lowest BCUT2D eigenvalue weighted by atomic mass is 9.72. The zero-order valence-electron chi connectivity index (χ0n) is 22.8. The van der Waals surface area contributed by atoms with Crippen molar-refractivity contribution in [1.82, 2.24) is 5.32 Å². The van der Waals surface area contributed by atoms with Gasteiger partial charge in [-0.1, -0.05) is 51.1 Å². The van der Waals surface area contributed by atoms with E-state index in [1.165, 1.54) is 16.2 Å². The molecule has 1 atom stereocenters. The molecule has 2 amide bonds. The monoisotopic (exact) mass is 535 g/mol. The fourth-order valence-corrected chi connectivity index (χ4v) is 6.18. The summed E-state index contributed by atoms with van der Waals surface area (Å²) in [6, 6.07) is 15.2. The predicted molar refractivity (Wildman–Crippen MR) is 154 cm³/mol. The highest BCUT2D eigenvalue weighted by Crippen LogP contribution is 2.44. The first-order chi connectivity index (χ1) is 18.2. The lowest BCUT2D eigenvalue weighted by Gasteiger charge is -2.33. The van der Waals surface area contributed by atoms with Crippen molar-refractivity contribution in [3.63, 3.8) is 0 Å². The van der Waals surface area contributed by atoms with Crippen LogP contribution in [0.1, 0.15) is 53.6 Å². The van der Waals surface area contributed by atoms with Gasteiger partial charge in [0.25, 0.3) is 5.91 Å². The van der Waals surface area contributed by atoms with Crippen LogP contribution in [0.3, 0.4) is 0 Å². The summed E-state index contributed by atoms with van der Waals surface area (Å²) in [6.07, 6.45) is 2.70. The van der Waals surface area contributed by atoms with Gasteiger partial charge in [0.2, 0.25) is 5.91 Å². The van der Waals surface area contributed by atoms with Crippen LogP contribution in [0.15, 0.2) is 48.5 Å². The number of amides is 2. The standard InChI is InChI=1S/C30H37N3O4S/c1-30(2,3)20-11-13-22-25(15-20)38-29(33-26(34)18-31-17-19-9-7-6-8-10-19)27(22)28(35)32-23-16-21(36-4)12-14-24(23)37-5/h6-10,12,14,16,20,31H,11,13,15,17-18H2,1-5H3,(H,32,35)(H,33,34)/t20-/m1/s1. The van der Waals surface area contributed by atoms with Crippen LogP contribution in [0.4, 0.5) is 10.7 Å². The minimum absolute atomic E-state index is 0.146. The third-order valence-corrected chi connectivity index (χ3v) is 8.25. The first-order valence-electron chi connectivity index (χ1n) is 12.9. The van der Waals surface area contributed by atoms with Crippen molar-refractivity contribution >= 4 is 33.8 Å². The Labute approximate surface area is 228 Å². The molecule has 1 heterocycles. The molecular weight excluding hydrogens is 498 g/mol. The van der Waals surface area contributed by atoms with Crippen molar-refractivity contribution in [3.05, 3.63) is 70.1 Å². The number of rotatable bonds is 9. The summed E-state index contributed by atoms with van der Waals surface area (Å²) >= 11 is 1.52. The number of benzene rings is 2. The molecule has 3 aromatic rings. The van der Waals surface area contributed by atoms with Gasteiger partial charge in [0.1, 0.15) is 16.5 Å². The van der Waals surface area contributed by atoms with Crippen LogP contribution >= 0.6 is 11.3 Å². The first-order valence-corrected chi connectivity index (χ1v) is 13.7. The van der Waals surface area contributed by atoms with Crippen molar-refractivity contribution in [3.8, 4) is 11.5 Å². The Hall–Kier alpha value is -3.36. The predicted octanol–water partition coefficient (Wildman–Crippen LogP) is 5.90. The van der Waals surface area contributed by atoms with Gasteiger partial charge < -0.3 is 25.4 Å². The lowest BCUT2D eigenvalue weighted by Crippen LogP contribution is -2.28. The van der Waals surface area contributed by atoms with Crippen LogP contribution in [0, 0.1) is 11.3 Å². The van der Waals surface area contributed by atoms with E-state index >= 15 is 0 Å². The van der Waals surface area contributed by atoms with Gasteiger partial charge in [0.05, 0.1) is 32.0 Å². The molecule has 0 saturated carbocycles. The van der Waals surface area contributed by atoms with Gasteiger partial charge in [-0.2, -0.15) is 0 Å². The molecule has 0 fully saturated rings. The molecule has 1 aromatic heterocycles. The van der Waals surface area contributed by atoms with Crippen molar-refractivity contribution in [2.75, 3.05) is 31.4 Å². The van der Waals surface area contributed by atoms with E-state index in [-0.39, 0.29) is 23.8 Å². The normalized spacial score (nSPS) is 14.9. The fraction of sp³-hybridized carbons (Fsp3) is 0.400. The maximum atomic E-state index is 13.7. The molecule has 2 aromatic carbocycles. The van der Waals surface area contributed by atoms with Crippen LogP contribution < -0.4 is 25.4 Å². The number of anilines is 2. The van der Waals surface area contributed by atoms with Crippen LogP contribution in [-0.4, -0.2) is 32.6 Å². The minimum atomic E-state index is -0.268. The first kappa shape index (κ1) is 27.7. The van der Waals surface area contributed by atoms with E-state index in [0.29, 0.717) is 40.2 Å². The number of carbonyl (C=O) groups is 2. The SMILES string of the molecule is COc1ccc(OC)c(NC(=O)c2c(NC(=O)CNCc3ccccc3)sc3c2CC[C@@H](C(C)(C)C)C3)c1. The second kappa shape index (κ2) is 12.0. The summed E-state index contributed by atoms with van der Waals surface area (Å²) in [5, 5.41) is 9.81. The summed E-state index contributed by atoms with van der Waals surface area (Å²) in [5.74, 6) is 1.21. The summed E-state index contributed by atoms with van der Waals surface area (Å²) in [5.41, 5.74) is 3.36. The van der Waals surface area contributed by atoms with E-state index < -0.39 is 0 Å². The highest BCUT2D eigenvalue weighted by molar-refractivity contribution is 7.17. The Morgan fingerprint density at radius 1 is 1.03 bits per heavy atom. The smallest absolute Gasteiger partial charge is 0.259 e. The fourth-order valence-electron chi connectivity index (χ4n) is 4.84. The Morgan fingerprint density at radius 3 is 2.47 bits per heavy atom. The molecule has 0 spiro atoms. The number of ether oxygens (including phenoxy) is 2. The Bertz CT molecular complexity index is 1280. The summed E-state index contributed by atoms with van der Waals surface area (Å²) in [7, 11) is 3.14. The van der Waals surface area contributed by atoms with Crippen LogP contribution in [0.2, 0.25) is 0 Å². The summed E-state index contributed by atoms with van der Waals surface area (Å²) < 4.78 is 10.8. The van der Waals surface area contributed by atoms with Crippen LogP contribution in [0.5, 0.6) is 11.5 Å². The maximum absolute atomic E-state index is 13.7. The minimum Gasteiger partial charge on any atom is -0.497 e. The van der Waals surface area contributed by atoms with Gasteiger partial charge in [-0.3, -0.25) is 9.59 Å². The largest absolute Gasteiger partial charge is 0.497 e. The summed E-state index contributed by atoms with van der Waals surface area (Å²) in [4.78, 5) is 27.8. The van der Waals surface area contributed by atoms with Crippen molar-refractivity contribution in [1.29, 1.82) is 0 Å². The van der Waals surface area contributed by atoms with E-state index in [1.807, 2.05) is 30.3 Å². The topological polar surface area (TPSA) is 88.7 Å². The molecule has 202 valence electrons. The number of hydrogen-bond acceptors (Lipinski definition) is 6. The molecule has 38 heavy (non-hydrogen) atoms. The number of carbonyl (C=O) groups excluding carboxylic acids is 2. The lowest BCUT2D eigenvalue weighted by molar-refractivity contribution is -0.115. The average Bonchev–Trinajstić information content (AvgIpc) is 3.25. The third-order valence-electron chi connectivity index (χ3n) is 7.08. The van der Waals surface area contributed by atoms with E-state index in [9.17, 15) is 9.59 Å². The van der Waals surface area contributed by atoms with Gasteiger partial charge in [0, 0.05) is 17.5 Å². The van der Waals surface area contributed by atoms with Crippen LogP contribution in [0.25, 0.3) is 0 Å². The molecular formula is C30H37N3O4S. The average molecular weight is 536 g/mol. The maximum Gasteiger partial charge on any atom is 0.259 e. The molecule has 1 aliphatic rings. The highest BCUT2D eigenvalue weighted by Gasteiger charge is 2.34. The van der Waals surface area contributed by atoms with Crippen LogP contribution in [-0.2, 0) is 24.2 Å². The molecule has 8 heteroatoms. The molecule has 4 rings (SSSR count). The van der Waals surface area contributed by atoms with Gasteiger partial charge in [-0.05, 0) is 53.9 Å². The number of hydrogen-bond donors (Lipinski definition) is 3. The number of nitrogens with one attached hydrogen (secondary N) is 3. The highest BCUT2D eigenvalue weighted by atomic mass is 32.1. The number of fused-ring (bicyclic) bond motifs is 1. The molecule has 3 N–H and O–H groups in total. The third kappa shape index (κ3) is 6.55. The van der Waals surface area contributed by atoms with Gasteiger partial charge in [0.15, 0.2) is 0 Å². The molecule has 0 aliphatic heterocycles. The molecule has 0 saturated heterocycles. The zero-order chi connectivity index (χ0) is 27.3. The number of thiophene rings is 1. The quantitative estimate of drug-likeness (QED) is 0.318. The van der Waals surface area contributed by atoms with Gasteiger partial charge in [-0.15, -0.1) is 11.3 Å². The molecule has 1 aliphatic carbocycles. The molecule has 0 radical (unpaired) electrons. The van der Waals surface area contributed by atoms with Crippen molar-refractivity contribution in [2.45, 2.75) is 46.6 Å². The molecule has 0 bridgehead atoms. The van der Waals surface area contributed by atoms with E-state index in [1.54, 1.807) is 32.4 Å². The Morgan fingerprint density at radius 2 is 1.79 bits per heavy atom. The van der Waals surface area contributed by atoms with Crippen molar-refractivity contribution in [2.24, 2.45) is 11.3 Å². The van der Waals surface area contributed by atoms with Gasteiger partial charge in [-0.25, -0.2) is 0 Å². The second-order valence-electron chi connectivity index (χ2n) is 10.7. The van der Waals surface area contributed by atoms with Crippen molar-refractivity contribution < 1.29 is 19.1 Å². The molecule has 7 nitrogen and oxygen atoms in total. The van der Waals surface area contributed by atoms with E-state index in [4.69, 9.17) is 9.47 Å². The second-order valence-corrected chi connectivity index (χ2v) is 11.8. The Balaban J connectivity index is 1.57. The van der Waals surface area contributed by atoms with E-state index in [2.05, 4.69) is 36.7 Å². The van der Waals surface area contributed by atoms with E-state index in [0.717, 1.165) is 30.4 Å². The van der Waals surface area contributed by atoms with Gasteiger partial charge >= 0.3 is 0 Å².